The molecule has 0 unspecified atom stereocenters. The molecule has 0 spiro atoms. The Morgan fingerprint density at radius 2 is 1.52 bits per heavy atom. The van der Waals surface area contributed by atoms with Crippen molar-refractivity contribution in [3.63, 3.8) is 0 Å². The molecule has 2 rings (SSSR count). The molecule has 0 N–H and O–H groups in total. The molecule has 9 heteroatoms. The van der Waals surface area contributed by atoms with Crippen molar-refractivity contribution in [1.29, 1.82) is 0 Å². The molecule has 0 heterocycles. The summed E-state index contributed by atoms with van der Waals surface area (Å²) in [7, 11) is 1.13. The molecule has 2 aromatic rings. The van der Waals surface area contributed by atoms with Crippen LogP contribution in [0, 0.1) is 23.3 Å². The summed E-state index contributed by atoms with van der Waals surface area (Å²) in [5, 5.41) is 0.682. The Bertz CT molecular complexity index is 877. The maximum absolute atomic E-state index is 14.1. The zero-order chi connectivity index (χ0) is 21.7. The fourth-order valence-corrected chi connectivity index (χ4v) is 3.10. The van der Waals surface area contributed by atoms with E-state index in [1.807, 2.05) is 6.92 Å². The molecule has 0 radical (unpaired) electrons. The highest BCUT2D eigenvalue weighted by molar-refractivity contribution is 6.42. The van der Waals surface area contributed by atoms with E-state index >= 15 is 0 Å². The smallest absolute Gasteiger partial charge is 0.306 e. The molecule has 0 saturated heterocycles. The molecule has 0 saturated carbocycles. The lowest BCUT2D eigenvalue weighted by Gasteiger charge is -2.16. The third-order valence-corrected chi connectivity index (χ3v) is 5.17. The monoisotopic (exact) mass is 452 g/mol. The lowest BCUT2D eigenvalue weighted by molar-refractivity contribution is -0.145. The number of esters is 1. The van der Waals surface area contributed by atoms with Crippen LogP contribution in [0.25, 0.3) is 0 Å². The standard InChI is InChI=1S/C20H18Cl2F4O3/c1-3-10(11-4-5-14(21)15(22)6-11)7-16(27)29-9-13-19(25)17(23)12(8-28-2)18(24)20(13)26/h4-6,10H,3,7-9H2,1-2H3/t10-/m0/s1. The Morgan fingerprint density at radius 3 is 2.00 bits per heavy atom. The zero-order valence-electron chi connectivity index (χ0n) is 15.6. The predicted octanol–water partition coefficient (Wildman–Crippen LogP) is 6.32. The summed E-state index contributed by atoms with van der Waals surface area (Å²) >= 11 is 11.9. The summed E-state index contributed by atoms with van der Waals surface area (Å²) in [6.45, 7) is 0.238. The summed E-state index contributed by atoms with van der Waals surface area (Å²) in [6, 6.07) is 4.91. The first-order valence-electron chi connectivity index (χ1n) is 8.64. The van der Waals surface area contributed by atoms with Gasteiger partial charge in [-0.25, -0.2) is 17.6 Å². The number of hydrogen-bond donors (Lipinski definition) is 0. The predicted molar refractivity (Wildman–Crippen MR) is 101 cm³/mol. The summed E-state index contributed by atoms with van der Waals surface area (Å²) in [4.78, 5) is 12.1. The van der Waals surface area contributed by atoms with Crippen LogP contribution in [0.1, 0.15) is 42.4 Å². The first-order valence-corrected chi connectivity index (χ1v) is 9.39. The highest BCUT2D eigenvalue weighted by atomic mass is 35.5. The van der Waals surface area contributed by atoms with E-state index in [9.17, 15) is 22.4 Å². The Kier molecular flexibility index (Phi) is 8.31. The second-order valence-corrected chi connectivity index (χ2v) is 7.10. The zero-order valence-corrected chi connectivity index (χ0v) is 17.1. The van der Waals surface area contributed by atoms with Gasteiger partial charge in [-0.15, -0.1) is 0 Å². The average molecular weight is 453 g/mol. The first kappa shape index (κ1) is 23.4. The van der Waals surface area contributed by atoms with Crippen LogP contribution in [0.4, 0.5) is 17.6 Å². The first-order chi connectivity index (χ1) is 13.7. The topological polar surface area (TPSA) is 35.5 Å². The Hall–Kier alpha value is -1.83. The van der Waals surface area contributed by atoms with Crippen molar-refractivity contribution in [2.75, 3.05) is 7.11 Å². The number of rotatable bonds is 8. The van der Waals surface area contributed by atoms with E-state index in [1.54, 1.807) is 18.2 Å². The van der Waals surface area contributed by atoms with Crippen LogP contribution in [0.2, 0.25) is 10.0 Å². The van der Waals surface area contributed by atoms with Crippen molar-refractivity contribution in [1.82, 2.24) is 0 Å². The van der Waals surface area contributed by atoms with Crippen LogP contribution in [-0.4, -0.2) is 13.1 Å². The molecule has 0 aliphatic rings. The Labute approximate surface area is 175 Å². The third kappa shape index (κ3) is 5.41. The molecule has 29 heavy (non-hydrogen) atoms. The van der Waals surface area contributed by atoms with Gasteiger partial charge in [0.05, 0.1) is 34.2 Å². The molecule has 2 aromatic carbocycles. The summed E-state index contributed by atoms with van der Waals surface area (Å²) in [5.41, 5.74) is -1.14. The van der Waals surface area contributed by atoms with E-state index in [0.29, 0.717) is 16.5 Å². The van der Waals surface area contributed by atoms with Gasteiger partial charge in [0.2, 0.25) is 0 Å². The van der Waals surface area contributed by atoms with Gasteiger partial charge >= 0.3 is 5.97 Å². The van der Waals surface area contributed by atoms with E-state index in [1.165, 1.54) is 0 Å². The lowest BCUT2D eigenvalue weighted by atomic mass is 9.93. The fourth-order valence-electron chi connectivity index (χ4n) is 2.80. The number of carbonyl (C=O) groups excluding carboxylic acids is 1. The molecule has 158 valence electrons. The quantitative estimate of drug-likeness (QED) is 0.267. The fraction of sp³-hybridized carbons (Fsp3) is 0.350. The van der Waals surface area contributed by atoms with Crippen LogP contribution in [0.3, 0.4) is 0 Å². The van der Waals surface area contributed by atoms with E-state index in [0.717, 1.165) is 12.7 Å². The maximum atomic E-state index is 14.1. The number of benzene rings is 2. The molecule has 0 bridgehead atoms. The molecule has 0 aromatic heterocycles. The minimum absolute atomic E-state index is 0.121. The minimum atomic E-state index is -1.62. The second-order valence-electron chi connectivity index (χ2n) is 6.29. The van der Waals surface area contributed by atoms with Crippen LogP contribution in [0.15, 0.2) is 18.2 Å². The van der Waals surface area contributed by atoms with Crippen LogP contribution < -0.4 is 0 Å². The number of methoxy groups -OCH3 is 1. The normalized spacial score (nSPS) is 12.1. The molecule has 1 atom stereocenters. The van der Waals surface area contributed by atoms with E-state index < -0.39 is 53.6 Å². The van der Waals surface area contributed by atoms with Crippen molar-refractivity contribution >= 4 is 29.2 Å². The lowest BCUT2D eigenvalue weighted by Crippen LogP contribution is -2.14. The number of halogens is 6. The highest BCUT2D eigenvalue weighted by Crippen LogP contribution is 2.31. The van der Waals surface area contributed by atoms with E-state index in [2.05, 4.69) is 4.74 Å². The minimum Gasteiger partial charge on any atom is -0.461 e. The van der Waals surface area contributed by atoms with Crippen LogP contribution in [-0.2, 0) is 27.5 Å². The summed E-state index contributed by atoms with van der Waals surface area (Å²) in [5.74, 6) is -7.49. The van der Waals surface area contributed by atoms with Gasteiger partial charge in [-0.2, -0.15) is 0 Å². The number of ether oxygens (including phenoxy) is 2. The van der Waals surface area contributed by atoms with Gasteiger partial charge in [0.1, 0.15) is 6.61 Å². The van der Waals surface area contributed by atoms with Gasteiger partial charge in [0, 0.05) is 7.11 Å². The molecule has 0 fully saturated rings. The number of hydrogen-bond acceptors (Lipinski definition) is 3. The summed E-state index contributed by atoms with van der Waals surface area (Å²) < 4.78 is 65.5. The van der Waals surface area contributed by atoms with Crippen molar-refractivity contribution in [3.8, 4) is 0 Å². The largest absolute Gasteiger partial charge is 0.461 e. The molecule has 0 aliphatic carbocycles. The van der Waals surface area contributed by atoms with Crippen LogP contribution in [0.5, 0.6) is 0 Å². The van der Waals surface area contributed by atoms with Gasteiger partial charge < -0.3 is 9.47 Å². The van der Waals surface area contributed by atoms with Gasteiger partial charge in [-0.05, 0) is 30.0 Å². The van der Waals surface area contributed by atoms with Crippen LogP contribution >= 0.6 is 23.2 Å². The Morgan fingerprint density at radius 1 is 0.966 bits per heavy atom. The highest BCUT2D eigenvalue weighted by Gasteiger charge is 2.26. The second kappa shape index (κ2) is 10.3. The van der Waals surface area contributed by atoms with Gasteiger partial charge in [0.15, 0.2) is 23.3 Å². The molecule has 0 amide bonds. The SMILES string of the molecule is CC[C@@H](CC(=O)OCc1c(F)c(F)c(COC)c(F)c1F)c1ccc(Cl)c(Cl)c1. The maximum Gasteiger partial charge on any atom is 0.306 e. The Balaban J connectivity index is 2.13. The molecular formula is C20H18Cl2F4O3. The number of carbonyl (C=O) groups is 1. The molecule has 3 nitrogen and oxygen atoms in total. The van der Waals surface area contributed by atoms with Crippen molar-refractivity contribution in [3.05, 3.63) is 68.2 Å². The van der Waals surface area contributed by atoms with E-state index in [-0.39, 0.29) is 12.3 Å². The van der Waals surface area contributed by atoms with Crippen molar-refractivity contribution in [2.45, 2.75) is 38.9 Å². The summed E-state index contributed by atoms with van der Waals surface area (Å²) in [6.07, 6.45) is 0.426. The van der Waals surface area contributed by atoms with Crippen molar-refractivity contribution < 1.29 is 31.8 Å². The van der Waals surface area contributed by atoms with Gasteiger partial charge in [-0.1, -0.05) is 36.2 Å². The van der Waals surface area contributed by atoms with Crippen molar-refractivity contribution in [2.24, 2.45) is 0 Å². The van der Waals surface area contributed by atoms with Gasteiger partial charge in [-0.3, -0.25) is 4.79 Å². The third-order valence-electron chi connectivity index (χ3n) is 4.43. The molecule has 0 aliphatic heterocycles. The average Bonchev–Trinajstić information content (AvgIpc) is 2.70. The van der Waals surface area contributed by atoms with E-state index in [4.69, 9.17) is 27.9 Å². The van der Waals surface area contributed by atoms with Gasteiger partial charge in [0.25, 0.3) is 0 Å². The molecular weight excluding hydrogens is 435 g/mol.